The van der Waals surface area contributed by atoms with Crippen LogP contribution in [0.2, 0.25) is 0 Å². The van der Waals surface area contributed by atoms with Crippen molar-refractivity contribution in [2.24, 2.45) is 0 Å². The number of hydrogen-bond acceptors (Lipinski definition) is 3. The lowest BCUT2D eigenvalue weighted by Crippen LogP contribution is -2.06. The number of phenolic OH excluding ortho intramolecular Hbond substituents is 1. The Labute approximate surface area is 118 Å². The fourth-order valence-electron chi connectivity index (χ4n) is 1.72. The number of para-hydroxylation sites is 1. The Hall–Kier alpha value is -2.01. The minimum atomic E-state index is -3.39. The Morgan fingerprint density at radius 1 is 1.10 bits per heavy atom. The van der Waals surface area contributed by atoms with Gasteiger partial charge in [-0.1, -0.05) is 36.3 Å². The average molecular weight is 286 g/mol. The molecule has 2 aromatic carbocycles. The second kappa shape index (κ2) is 6.43. The van der Waals surface area contributed by atoms with Crippen molar-refractivity contribution < 1.29 is 14.2 Å². The van der Waals surface area contributed by atoms with E-state index >= 15 is 0 Å². The minimum Gasteiger partial charge on any atom is -0.507 e. The van der Waals surface area contributed by atoms with E-state index in [2.05, 4.69) is 11.6 Å². The second-order valence-electron chi connectivity index (χ2n) is 4.06. The zero-order chi connectivity index (χ0) is 14.4. The molecule has 20 heavy (non-hydrogen) atoms. The van der Waals surface area contributed by atoms with Crippen molar-refractivity contribution in [3.8, 4) is 17.3 Å². The van der Waals surface area contributed by atoms with Crippen LogP contribution in [-0.4, -0.2) is 11.7 Å². The normalized spacial score (nSPS) is 13.1. The van der Waals surface area contributed by atoms with E-state index in [4.69, 9.17) is 4.52 Å². The monoisotopic (exact) mass is 286 g/mol. The molecule has 3 nitrogen and oxygen atoms in total. The van der Waals surface area contributed by atoms with Crippen LogP contribution in [0.5, 0.6) is 5.75 Å². The standard InChI is InChI=1S/C16H15O3P/c1-2-19-20(18,16-11-7-6-10-15(16)17)13-12-14-8-4-3-5-9-14/h3-11,17H,2H2,1H3. The molecule has 0 radical (unpaired) electrons. The summed E-state index contributed by atoms with van der Waals surface area (Å²) in [5.74, 6) is 2.78. The van der Waals surface area contributed by atoms with Gasteiger partial charge in [-0.05, 0) is 36.9 Å². The maximum Gasteiger partial charge on any atom is 0.307 e. The third-order valence-corrected chi connectivity index (χ3v) is 4.67. The molecule has 0 aliphatic carbocycles. The minimum absolute atomic E-state index is 0.0633. The van der Waals surface area contributed by atoms with E-state index in [0.717, 1.165) is 5.56 Å². The maximum atomic E-state index is 12.9. The predicted octanol–water partition coefficient (Wildman–Crippen LogP) is 3.34. The number of benzene rings is 2. The molecular weight excluding hydrogens is 271 g/mol. The number of aromatic hydroxyl groups is 1. The first kappa shape index (κ1) is 14.4. The van der Waals surface area contributed by atoms with Crippen molar-refractivity contribution in [1.29, 1.82) is 0 Å². The van der Waals surface area contributed by atoms with Gasteiger partial charge in [0.2, 0.25) is 0 Å². The third kappa shape index (κ3) is 3.30. The van der Waals surface area contributed by atoms with E-state index in [1.165, 1.54) is 6.07 Å². The molecule has 4 heteroatoms. The maximum absolute atomic E-state index is 12.9. The molecule has 0 aliphatic rings. The van der Waals surface area contributed by atoms with Crippen LogP contribution < -0.4 is 5.30 Å². The van der Waals surface area contributed by atoms with Crippen LogP contribution in [0.1, 0.15) is 12.5 Å². The van der Waals surface area contributed by atoms with Crippen molar-refractivity contribution >= 4 is 12.7 Å². The summed E-state index contributed by atoms with van der Waals surface area (Å²) in [5.41, 5.74) is 3.45. The molecule has 1 atom stereocenters. The van der Waals surface area contributed by atoms with Crippen molar-refractivity contribution in [3.05, 3.63) is 60.2 Å². The first-order valence-electron chi connectivity index (χ1n) is 6.27. The third-order valence-electron chi connectivity index (χ3n) is 2.63. The highest BCUT2D eigenvalue weighted by molar-refractivity contribution is 7.72. The van der Waals surface area contributed by atoms with Crippen molar-refractivity contribution in [3.63, 3.8) is 0 Å². The summed E-state index contributed by atoms with van der Waals surface area (Å²) in [6.07, 6.45) is 0. The zero-order valence-electron chi connectivity index (χ0n) is 11.1. The Morgan fingerprint density at radius 3 is 2.40 bits per heavy atom. The molecule has 0 saturated heterocycles. The first-order valence-corrected chi connectivity index (χ1v) is 7.89. The largest absolute Gasteiger partial charge is 0.507 e. The van der Waals surface area contributed by atoms with Gasteiger partial charge in [-0.3, -0.25) is 4.57 Å². The second-order valence-corrected chi connectivity index (χ2v) is 6.13. The van der Waals surface area contributed by atoms with Gasteiger partial charge in [-0.15, -0.1) is 0 Å². The molecule has 0 amide bonds. The van der Waals surface area contributed by atoms with E-state index in [1.54, 1.807) is 25.1 Å². The van der Waals surface area contributed by atoms with Gasteiger partial charge < -0.3 is 9.63 Å². The molecule has 0 heterocycles. The van der Waals surface area contributed by atoms with Crippen molar-refractivity contribution in [1.82, 2.24) is 0 Å². The van der Waals surface area contributed by atoms with Crippen LogP contribution in [0.15, 0.2) is 54.6 Å². The fraction of sp³-hybridized carbons (Fsp3) is 0.125. The Morgan fingerprint density at radius 2 is 1.75 bits per heavy atom. The van der Waals surface area contributed by atoms with E-state index in [0.29, 0.717) is 0 Å². The molecule has 0 aliphatic heterocycles. The highest BCUT2D eigenvalue weighted by atomic mass is 31.2. The van der Waals surface area contributed by atoms with Crippen LogP contribution in [-0.2, 0) is 9.09 Å². The summed E-state index contributed by atoms with van der Waals surface area (Å²) in [6.45, 7) is 2.01. The molecular formula is C16H15O3P. The summed E-state index contributed by atoms with van der Waals surface area (Å²) in [7, 11) is -3.39. The molecule has 0 saturated carbocycles. The molecule has 102 valence electrons. The number of rotatable bonds is 3. The fourth-order valence-corrected chi connectivity index (χ4v) is 3.34. The quantitative estimate of drug-likeness (QED) is 0.695. The summed E-state index contributed by atoms with van der Waals surface area (Å²) in [4.78, 5) is 0. The summed E-state index contributed by atoms with van der Waals surface area (Å²) >= 11 is 0. The first-order chi connectivity index (χ1) is 9.65. The van der Waals surface area contributed by atoms with E-state index < -0.39 is 7.37 Å². The lowest BCUT2D eigenvalue weighted by molar-refractivity contribution is 0.347. The highest BCUT2D eigenvalue weighted by Gasteiger charge is 2.26. The van der Waals surface area contributed by atoms with Gasteiger partial charge in [0.1, 0.15) is 5.75 Å². The molecule has 1 unspecified atom stereocenters. The van der Waals surface area contributed by atoms with Crippen LogP contribution in [0, 0.1) is 11.6 Å². The molecule has 1 N–H and O–H groups in total. The number of phenols is 1. The zero-order valence-corrected chi connectivity index (χ0v) is 12.0. The number of hydrogen-bond donors (Lipinski definition) is 1. The van der Waals surface area contributed by atoms with Crippen LogP contribution in [0.4, 0.5) is 0 Å². The highest BCUT2D eigenvalue weighted by Crippen LogP contribution is 2.46. The van der Waals surface area contributed by atoms with Crippen LogP contribution >= 0.6 is 7.37 Å². The molecule has 2 rings (SSSR count). The molecule has 0 fully saturated rings. The Bertz CT molecular complexity index is 684. The van der Waals surface area contributed by atoms with Crippen molar-refractivity contribution in [2.75, 3.05) is 6.61 Å². The summed E-state index contributed by atoms with van der Waals surface area (Å²) in [6, 6.07) is 15.7. The van der Waals surface area contributed by atoms with E-state index in [9.17, 15) is 9.67 Å². The Balaban J connectivity index is 2.44. The molecule has 0 spiro atoms. The summed E-state index contributed by atoms with van der Waals surface area (Å²) < 4.78 is 18.2. The molecule has 0 bridgehead atoms. The summed E-state index contributed by atoms with van der Waals surface area (Å²) in [5, 5.41) is 10.1. The van der Waals surface area contributed by atoms with E-state index in [-0.39, 0.29) is 17.7 Å². The van der Waals surface area contributed by atoms with Crippen molar-refractivity contribution in [2.45, 2.75) is 6.92 Å². The van der Waals surface area contributed by atoms with Gasteiger partial charge >= 0.3 is 7.37 Å². The van der Waals surface area contributed by atoms with Crippen LogP contribution in [0.25, 0.3) is 0 Å². The average Bonchev–Trinajstić information content (AvgIpc) is 2.47. The van der Waals surface area contributed by atoms with Gasteiger partial charge in [0.15, 0.2) is 0 Å². The van der Waals surface area contributed by atoms with E-state index in [1.807, 2.05) is 30.3 Å². The lowest BCUT2D eigenvalue weighted by Gasteiger charge is -2.12. The predicted molar refractivity (Wildman–Crippen MR) is 80.3 cm³/mol. The molecule has 2 aromatic rings. The van der Waals surface area contributed by atoms with Gasteiger partial charge in [0, 0.05) is 5.56 Å². The van der Waals surface area contributed by atoms with Gasteiger partial charge in [0.05, 0.1) is 11.9 Å². The van der Waals surface area contributed by atoms with Gasteiger partial charge in [0.25, 0.3) is 0 Å². The van der Waals surface area contributed by atoms with Crippen LogP contribution in [0.3, 0.4) is 0 Å². The van der Waals surface area contributed by atoms with Gasteiger partial charge in [-0.25, -0.2) is 0 Å². The van der Waals surface area contributed by atoms with Gasteiger partial charge in [-0.2, -0.15) is 0 Å². The smallest absolute Gasteiger partial charge is 0.307 e. The Kier molecular flexibility index (Phi) is 4.63. The topological polar surface area (TPSA) is 46.5 Å². The SMILES string of the molecule is CCOP(=O)(C#Cc1ccccc1)c1ccccc1O. The lowest BCUT2D eigenvalue weighted by atomic mass is 10.2. The molecule has 0 aromatic heterocycles.